The zero-order chi connectivity index (χ0) is 24.0. The Labute approximate surface area is 205 Å². The average molecular weight is 497 g/mol. The van der Waals surface area contributed by atoms with Crippen molar-refractivity contribution < 1.29 is 17.9 Å². The lowest BCUT2D eigenvalue weighted by molar-refractivity contribution is -0.127. The monoisotopic (exact) mass is 496 g/mol. The molecule has 0 aliphatic carbocycles. The van der Waals surface area contributed by atoms with Crippen molar-refractivity contribution in [2.45, 2.75) is 24.5 Å². The Balaban J connectivity index is 1.37. The molecule has 6 nitrogen and oxygen atoms in total. The molecule has 0 spiro atoms. The summed E-state index contributed by atoms with van der Waals surface area (Å²) < 4.78 is 33.7. The molecule has 1 amide bonds. The molecule has 0 fully saturated rings. The summed E-state index contributed by atoms with van der Waals surface area (Å²) in [5, 5.41) is 2.89. The van der Waals surface area contributed by atoms with E-state index in [4.69, 9.17) is 4.74 Å². The third-order valence-corrected chi connectivity index (χ3v) is 8.24. The highest BCUT2D eigenvalue weighted by molar-refractivity contribution is 7.98. The van der Waals surface area contributed by atoms with E-state index < -0.39 is 16.1 Å². The summed E-state index contributed by atoms with van der Waals surface area (Å²) in [4.78, 5) is 12.8. The van der Waals surface area contributed by atoms with Crippen LogP contribution in [0.4, 0.5) is 5.69 Å². The molecular weight excluding hydrogens is 468 g/mol. The first kappa shape index (κ1) is 24.2. The molecule has 1 atom stereocenters. The van der Waals surface area contributed by atoms with Gasteiger partial charge in [0, 0.05) is 18.1 Å². The Kier molecular flexibility index (Phi) is 7.80. The summed E-state index contributed by atoms with van der Waals surface area (Å²) in [5.74, 6) is 1.55. The Morgan fingerprint density at radius 2 is 1.71 bits per heavy atom. The predicted octanol–water partition coefficient (Wildman–Crippen LogP) is 4.14. The number of ether oxygens (including phenoxy) is 1. The Morgan fingerprint density at radius 3 is 2.47 bits per heavy atom. The highest BCUT2D eigenvalue weighted by Crippen LogP contribution is 2.35. The lowest BCUT2D eigenvalue weighted by Crippen LogP contribution is -2.51. The topological polar surface area (TPSA) is 75.7 Å². The quantitative estimate of drug-likeness (QED) is 0.451. The van der Waals surface area contributed by atoms with Gasteiger partial charge >= 0.3 is 0 Å². The van der Waals surface area contributed by atoms with Gasteiger partial charge in [-0.25, -0.2) is 8.42 Å². The number of fused-ring (bicyclic) bond motifs is 1. The van der Waals surface area contributed by atoms with Crippen LogP contribution in [-0.4, -0.2) is 39.3 Å². The minimum atomic E-state index is -3.71. The van der Waals surface area contributed by atoms with Crippen molar-refractivity contribution in [3.8, 4) is 5.75 Å². The maximum atomic E-state index is 13.3. The van der Waals surface area contributed by atoms with E-state index in [0.717, 1.165) is 11.5 Å². The normalized spacial score (nSPS) is 15.3. The highest BCUT2D eigenvalue weighted by atomic mass is 32.2. The summed E-state index contributed by atoms with van der Waals surface area (Å²) in [6.07, 6.45) is -0.914. The minimum Gasteiger partial charge on any atom is -0.476 e. The van der Waals surface area contributed by atoms with E-state index in [1.165, 1.54) is 15.4 Å². The van der Waals surface area contributed by atoms with Crippen molar-refractivity contribution in [3.63, 3.8) is 0 Å². The fourth-order valence-electron chi connectivity index (χ4n) is 3.70. The van der Waals surface area contributed by atoms with Crippen LogP contribution in [0.1, 0.15) is 16.7 Å². The molecule has 3 aromatic rings. The lowest BCUT2D eigenvalue weighted by Gasteiger charge is -2.34. The van der Waals surface area contributed by atoms with E-state index in [0.29, 0.717) is 23.5 Å². The molecular formula is C26H28N2O4S2. The van der Waals surface area contributed by atoms with Crippen molar-refractivity contribution >= 4 is 33.4 Å². The van der Waals surface area contributed by atoms with Gasteiger partial charge in [-0.05, 0) is 30.2 Å². The van der Waals surface area contributed by atoms with Crippen LogP contribution < -0.4 is 14.4 Å². The largest absolute Gasteiger partial charge is 0.476 e. The zero-order valence-electron chi connectivity index (χ0n) is 19.0. The molecule has 0 aromatic heterocycles. The molecule has 0 unspecified atom stereocenters. The second-order valence-corrected chi connectivity index (χ2v) is 11.2. The Hall–Kier alpha value is -2.97. The number of aryl methyl sites for hydroxylation is 1. The van der Waals surface area contributed by atoms with Gasteiger partial charge in [0.05, 0.1) is 18.0 Å². The van der Waals surface area contributed by atoms with Crippen molar-refractivity contribution in [2.75, 3.05) is 23.1 Å². The SMILES string of the molecule is Cc1ccc(CSCCNC(=O)[C@H]2CN(S(=O)(=O)Cc3ccccc3)c3ccccc3O2)cc1. The molecule has 0 bridgehead atoms. The third-order valence-electron chi connectivity index (χ3n) is 5.49. The molecule has 1 aliphatic rings. The minimum absolute atomic E-state index is 0.0610. The lowest BCUT2D eigenvalue weighted by atomic mass is 10.2. The summed E-state index contributed by atoms with van der Waals surface area (Å²) >= 11 is 1.73. The number of nitrogens with zero attached hydrogens (tertiary/aromatic N) is 1. The van der Waals surface area contributed by atoms with Crippen molar-refractivity contribution in [3.05, 3.63) is 95.6 Å². The number of nitrogens with one attached hydrogen (secondary N) is 1. The Bertz CT molecular complexity index is 1220. The molecule has 178 valence electrons. The number of hydrogen-bond donors (Lipinski definition) is 1. The molecule has 3 aromatic carbocycles. The first-order chi connectivity index (χ1) is 16.4. The van der Waals surface area contributed by atoms with E-state index >= 15 is 0 Å². The summed E-state index contributed by atoms with van der Waals surface area (Å²) in [5.41, 5.74) is 3.62. The average Bonchev–Trinajstić information content (AvgIpc) is 2.84. The number of thioether (sulfide) groups is 1. The zero-order valence-corrected chi connectivity index (χ0v) is 20.6. The van der Waals surface area contributed by atoms with Gasteiger partial charge in [0.15, 0.2) is 6.10 Å². The van der Waals surface area contributed by atoms with Gasteiger partial charge in [0.25, 0.3) is 5.91 Å². The molecule has 1 N–H and O–H groups in total. The third kappa shape index (κ3) is 6.12. The summed E-state index contributed by atoms with van der Waals surface area (Å²) in [6.45, 7) is 2.48. The summed E-state index contributed by atoms with van der Waals surface area (Å²) in [6, 6.07) is 24.4. The number of benzene rings is 3. The fourth-order valence-corrected chi connectivity index (χ4v) is 6.10. The van der Waals surface area contributed by atoms with Crippen LogP contribution in [0.25, 0.3) is 0 Å². The van der Waals surface area contributed by atoms with Gasteiger partial charge in [0.2, 0.25) is 10.0 Å². The first-order valence-electron chi connectivity index (χ1n) is 11.1. The van der Waals surface area contributed by atoms with Crippen molar-refractivity contribution in [1.29, 1.82) is 0 Å². The standard InChI is InChI=1S/C26H28N2O4S2/c1-20-11-13-21(14-12-20)18-33-16-15-27-26(29)25-17-28(23-9-5-6-10-24(23)32-25)34(30,31)19-22-7-3-2-4-8-22/h2-14,25H,15-19H2,1H3,(H,27,29)/t25-/m1/s1. The first-order valence-corrected chi connectivity index (χ1v) is 13.9. The second-order valence-electron chi connectivity index (χ2n) is 8.18. The van der Waals surface area contributed by atoms with Crippen LogP contribution in [0.2, 0.25) is 0 Å². The van der Waals surface area contributed by atoms with E-state index in [1.807, 2.05) is 18.2 Å². The molecule has 34 heavy (non-hydrogen) atoms. The van der Waals surface area contributed by atoms with Gasteiger partial charge in [-0.3, -0.25) is 9.10 Å². The number of anilines is 1. The Morgan fingerprint density at radius 1 is 1.00 bits per heavy atom. The van der Waals surface area contributed by atoms with Crippen LogP contribution in [0.15, 0.2) is 78.9 Å². The van der Waals surface area contributed by atoms with Crippen LogP contribution >= 0.6 is 11.8 Å². The number of rotatable bonds is 9. The fraction of sp³-hybridized carbons (Fsp3) is 0.269. The maximum absolute atomic E-state index is 13.3. The van der Waals surface area contributed by atoms with Crippen LogP contribution in [-0.2, 0) is 26.3 Å². The van der Waals surface area contributed by atoms with Gasteiger partial charge in [0.1, 0.15) is 5.75 Å². The van der Waals surface area contributed by atoms with Crippen LogP contribution in [0.5, 0.6) is 5.75 Å². The van der Waals surface area contributed by atoms with E-state index in [9.17, 15) is 13.2 Å². The van der Waals surface area contributed by atoms with Crippen LogP contribution in [0, 0.1) is 6.92 Å². The smallest absolute Gasteiger partial charge is 0.263 e. The van der Waals surface area contributed by atoms with Crippen molar-refractivity contribution in [2.24, 2.45) is 0 Å². The number of carbonyl (C=O) groups excluding carboxylic acids is 1. The molecule has 0 saturated heterocycles. The number of hydrogen-bond acceptors (Lipinski definition) is 5. The summed E-state index contributed by atoms with van der Waals surface area (Å²) in [7, 11) is -3.71. The number of amides is 1. The molecule has 0 saturated carbocycles. The van der Waals surface area contributed by atoms with E-state index in [2.05, 4.69) is 36.5 Å². The van der Waals surface area contributed by atoms with Gasteiger partial charge in [-0.15, -0.1) is 0 Å². The van der Waals surface area contributed by atoms with Gasteiger partial charge < -0.3 is 10.1 Å². The molecule has 4 rings (SSSR count). The van der Waals surface area contributed by atoms with E-state index in [1.54, 1.807) is 48.2 Å². The molecule has 8 heteroatoms. The number of sulfonamides is 1. The van der Waals surface area contributed by atoms with Gasteiger partial charge in [-0.2, -0.15) is 11.8 Å². The molecule has 1 aliphatic heterocycles. The highest BCUT2D eigenvalue weighted by Gasteiger charge is 2.36. The van der Waals surface area contributed by atoms with Crippen LogP contribution in [0.3, 0.4) is 0 Å². The predicted molar refractivity (Wildman–Crippen MR) is 138 cm³/mol. The van der Waals surface area contributed by atoms with E-state index in [-0.39, 0.29) is 18.2 Å². The maximum Gasteiger partial charge on any atom is 0.263 e. The molecule has 0 radical (unpaired) electrons. The number of para-hydroxylation sites is 2. The van der Waals surface area contributed by atoms with Gasteiger partial charge in [-0.1, -0.05) is 72.3 Å². The molecule has 1 heterocycles. The number of carbonyl (C=O) groups is 1. The van der Waals surface area contributed by atoms with Crippen molar-refractivity contribution in [1.82, 2.24) is 5.32 Å². The second kappa shape index (κ2) is 11.0.